The third-order valence-corrected chi connectivity index (χ3v) is 2.37. The standard InChI is InChI=1S/C10H12BrFN2O/c1-6(13)10(15)14-5-7-2-3-8(11)4-9(7)12/h2-4,6H,5,13H2,1H3,(H,14,15). The quantitative estimate of drug-likeness (QED) is 0.879. The molecule has 0 bridgehead atoms. The minimum Gasteiger partial charge on any atom is -0.351 e. The van der Waals surface area contributed by atoms with Crippen LogP contribution >= 0.6 is 15.9 Å². The molecule has 82 valence electrons. The molecular formula is C10H12BrFN2O. The van der Waals surface area contributed by atoms with Gasteiger partial charge in [-0.2, -0.15) is 0 Å². The molecule has 0 radical (unpaired) electrons. The summed E-state index contributed by atoms with van der Waals surface area (Å²) in [6, 6.07) is 4.11. The van der Waals surface area contributed by atoms with Gasteiger partial charge in [0.15, 0.2) is 0 Å². The van der Waals surface area contributed by atoms with Crippen LogP contribution in [-0.2, 0) is 11.3 Å². The predicted molar refractivity (Wildman–Crippen MR) is 59.6 cm³/mol. The number of carbonyl (C=O) groups is 1. The molecular weight excluding hydrogens is 263 g/mol. The molecule has 0 aromatic heterocycles. The number of amides is 1. The van der Waals surface area contributed by atoms with E-state index in [9.17, 15) is 9.18 Å². The molecule has 0 aliphatic carbocycles. The Kier molecular flexibility index (Phi) is 4.23. The maximum absolute atomic E-state index is 13.3. The van der Waals surface area contributed by atoms with Crippen molar-refractivity contribution < 1.29 is 9.18 Å². The highest BCUT2D eigenvalue weighted by atomic mass is 79.9. The van der Waals surface area contributed by atoms with Gasteiger partial charge in [-0.3, -0.25) is 4.79 Å². The van der Waals surface area contributed by atoms with E-state index in [1.807, 2.05) is 0 Å². The average Bonchev–Trinajstić information content (AvgIpc) is 2.15. The van der Waals surface area contributed by atoms with Crippen LogP contribution in [-0.4, -0.2) is 11.9 Å². The van der Waals surface area contributed by atoms with Gasteiger partial charge in [0.2, 0.25) is 5.91 Å². The molecule has 5 heteroatoms. The van der Waals surface area contributed by atoms with Crippen molar-refractivity contribution in [2.45, 2.75) is 19.5 Å². The van der Waals surface area contributed by atoms with E-state index in [2.05, 4.69) is 21.2 Å². The smallest absolute Gasteiger partial charge is 0.236 e. The summed E-state index contributed by atoms with van der Waals surface area (Å²) in [4.78, 5) is 11.1. The second-order valence-corrected chi connectivity index (χ2v) is 4.16. The summed E-state index contributed by atoms with van der Waals surface area (Å²) >= 11 is 3.15. The molecule has 0 aliphatic rings. The fourth-order valence-electron chi connectivity index (χ4n) is 1.01. The van der Waals surface area contributed by atoms with Crippen molar-refractivity contribution in [3.63, 3.8) is 0 Å². The summed E-state index contributed by atoms with van der Waals surface area (Å²) in [6.07, 6.45) is 0. The van der Waals surface area contributed by atoms with Gasteiger partial charge in [-0.15, -0.1) is 0 Å². The van der Waals surface area contributed by atoms with E-state index in [0.717, 1.165) is 0 Å². The van der Waals surface area contributed by atoms with Gasteiger partial charge in [0.25, 0.3) is 0 Å². The first-order chi connectivity index (χ1) is 7.00. The molecule has 15 heavy (non-hydrogen) atoms. The summed E-state index contributed by atoms with van der Waals surface area (Å²) < 4.78 is 14.0. The predicted octanol–water partition coefficient (Wildman–Crippen LogP) is 1.55. The van der Waals surface area contributed by atoms with E-state index in [1.165, 1.54) is 6.07 Å². The lowest BCUT2D eigenvalue weighted by Gasteiger charge is -2.08. The summed E-state index contributed by atoms with van der Waals surface area (Å²) in [5.41, 5.74) is 5.79. The Hall–Kier alpha value is -0.940. The number of rotatable bonds is 3. The molecule has 0 spiro atoms. The number of hydrogen-bond donors (Lipinski definition) is 2. The number of carbonyl (C=O) groups excluding carboxylic acids is 1. The Bertz CT molecular complexity index is 368. The van der Waals surface area contributed by atoms with Crippen LogP contribution in [0.15, 0.2) is 22.7 Å². The zero-order chi connectivity index (χ0) is 11.4. The van der Waals surface area contributed by atoms with E-state index >= 15 is 0 Å². The average molecular weight is 275 g/mol. The van der Waals surface area contributed by atoms with E-state index < -0.39 is 6.04 Å². The number of nitrogens with two attached hydrogens (primary N) is 1. The zero-order valence-corrected chi connectivity index (χ0v) is 9.84. The largest absolute Gasteiger partial charge is 0.351 e. The molecule has 1 rings (SSSR count). The SMILES string of the molecule is CC(N)C(=O)NCc1ccc(Br)cc1F. The lowest BCUT2D eigenvalue weighted by molar-refractivity contribution is -0.122. The summed E-state index contributed by atoms with van der Waals surface area (Å²) in [5.74, 6) is -0.647. The lowest BCUT2D eigenvalue weighted by Crippen LogP contribution is -2.37. The monoisotopic (exact) mass is 274 g/mol. The van der Waals surface area contributed by atoms with Crippen LogP contribution in [0.3, 0.4) is 0 Å². The Morgan fingerprint density at radius 2 is 2.33 bits per heavy atom. The van der Waals surface area contributed by atoms with Crippen molar-refractivity contribution in [1.29, 1.82) is 0 Å². The van der Waals surface area contributed by atoms with Crippen molar-refractivity contribution in [3.05, 3.63) is 34.1 Å². The highest BCUT2D eigenvalue weighted by Crippen LogP contribution is 2.14. The van der Waals surface area contributed by atoms with Crippen LogP contribution in [0.2, 0.25) is 0 Å². The summed E-state index contributed by atoms with van der Waals surface area (Å²) in [7, 11) is 0. The molecule has 3 nitrogen and oxygen atoms in total. The number of hydrogen-bond acceptors (Lipinski definition) is 2. The van der Waals surface area contributed by atoms with Crippen molar-refractivity contribution >= 4 is 21.8 Å². The van der Waals surface area contributed by atoms with Crippen LogP contribution in [0.5, 0.6) is 0 Å². The first-order valence-corrected chi connectivity index (χ1v) is 5.27. The normalized spacial score (nSPS) is 12.3. The van der Waals surface area contributed by atoms with Crippen LogP contribution in [0.1, 0.15) is 12.5 Å². The molecule has 1 atom stereocenters. The van der Waals surface area contributed by atoms with Gasteiger partial charge in [-0.05, 0) is 19.1 Å². The van der Waals surface area contributed by atoms with Crippen molar-refractivity contribution in [2.75, 3.05) is 0 Å². The molecule has 0 heterocycles. The first-order valence-electron chi connectivity index (χ1n) is 4.48. The Morgan fingerprint density at radius 3 is 2.87 bits per heavy atom. The van der Waals surface area contributed by atoms with E-state index in [4.69, 9.17) is 5.73 Å². The van der Waals surface area contributed by atoms with Gasteiger partial charge < -0.3 is 11.1 Å². The molecule has 0 saturated carbocycles. The Balaban J connectivity index is 2.62. The molecule has 1 aromatic rings. The van der Waals surface area contributed by atoms with Gasteiger partial charge in [-0.25, -0.2) is 4.39 Å². The van der Waals surface area contributed by atoms with Crippen LogP contribution < -0.4 is 11.1 Å². The maximum Gasteiger partial charge on any atom is 0.236 e. The second kappa shape index (κ2) is 5.23. The molecule has 1 unspecified atom stereocenters. The zero-order valence-electron chi connectivity index (χ0n) is 8.26. The number of benzene rings is 1. The van der Waals surface area contributed by atoms with Crippen LogP contribution in [0, 0.1) is 5.82 Å². The maximum atomic E-state index is 13.3. The van der Waals surface area contributed by atoms with Crippen molar-refractivity contribution in [3.8, 4) is 0 Å². The number of nitrogens with one attached hydrogen (secondary N) is 1. The van der Waals surface area contributed by atoms with Gasteiger partial charge in [0.1, 0.15) is 5.82 Å². The molecule has 3 N–H and O–H groups in total. The van der Waals surface area contributed by atoms with Gasteiger partial charge in [0.05, 0.1) is 6.04 Å². The van der Waals surface area contributed by atoms with E-state index in [0.29, 0.717) is 10.0 Å². The summed E-state index contributed by atoms with van der Waals surface area (Å²) in [5, 5.41) is 2.54. The van der Waals surface area contributed by atoms with Crippen molar-refractivity contribution in [2.24, 2.45) is 5.73 Å². The summed E-state index contributed by atoms with van der Waals surface area (Å²) in [6.45, 7) is 1.73. The third kappa shape index (κ3) is 3.60. The third-order valence-electron chi connectivity index (χ3n) is 1.88. The van der Waals surface area contributed by atoms with Crippen molar-refractivity contribution in [1.82, 2.24) is 5.32 Å². The highest BCUT2D eigenvalue weighted by molar-refractivity contribution is 9.10. The molecule has 1 aromatic carbocycles. The minimum atomic E-state index is -0.580. The number of halogens is 2. The highest BCUT2D eigenvalue weighted by Gasteiger charge is 2.08. The fourth-order valence-corrected chi connectivity index (χ4v) is 1.34. The minimum absolute atomic E-state index is 0.152. The molecule has 0 fully saturated rings. The topological polar surface area (TPSA) is 55.1 Å². The Labute approximate surface area is 96.0 Å². The fraction of sp³-hybridized carbons (Fsp3) is 0.300. The molecule has 1 amide bonds. The Morgan fingerprint density at radius 1 is 1.67 bits per heavy atom. The van der Waals surface area contributed by atoms with E-state index in [-0.39, 0.29) is 18.3 Å². The van der Waals surface area contributed by atoms with Crippen LogP contribution in [0.4, 0.5) is 4.39 Å². The molecule has 0 saturated heterocycles. The van der Waals surface area contributed by atoms with Gasteiger partial charge >= 0.3 is 0 Å². The second-order valence-electron chi connectivity index (χ2n) is 3.24. The molecule has 0 aliphatic heterocycles. The van der Waals surface area contributed by atoms with Gasteiger partial charge in [0, 0.05) is 16.6 Å². The first kappa shape index (κ1) is 12.1. The lowest BCUT2D eigenvalue weighted by atomic mass is 10.2. The van der Waals surface area contributed by atoms with E-state index in [1.54, 1.807) is 19.1 Å². The van der Waals surface area contributed by atoms with Crippen LogP contribution in [0.25, 0.3) is 0 Å². The van der Waals surface area contributed by atoms with Gasteiger partial charge in [-0.1, -0.05) is 22.0 Å².